The fourth-order valence-electron chi connectivity index (χ4n) is 2.44. The van der Waals surface area contributed by atoms with Crippen LogP contribution in [0.5, 0.6) is 5.75 Å². The number of rotatable bonds is 4. The van der Waals surface area contributed by atoms with Gasteiger partial charge in [-0.2, -0.15) is 0 Å². The first-order valence-electron chi connectivity index (χ1n) is 7.44. The minimum atomic E-state index is 0.902. The second-order valence-corrected chi connectivity index (χ2v) is 6.27. The maximum absolute atomic E-state index is 5.56. The summed E-state index contributed by atoms with van der Waals surface area (Å²) in [7, 11) is 1.72. The molecule has 0 aromatic heterocycles. The van der Waals surface area contributed by atoms with Gasteiger partial charge in [0.25, 0.3) is 0 Å². The van der Waals surface area contributed by atoms with Crippen molar-refractivity contribution in [3.63, 3.8) is 0 Å². The molecule has 23 heavy (non-hydrogen) atoms. The maximum Gasteiger partial charge on any atom is 0.133 e. The highest BCUT2D eigenvalue weighted by molar-refractivity contribution is 14.1. The Kier molecular flexibility index (Phi) is 5.13. The van der Waals surface area contributed by atoms with Gasteiger partial charge in [0.2, 0.25) is 0 Å². The molecule has 0 saturated carbocycles. The van der Waals surface area contributed by atoms with Crippen LogP contribution in [0.3, 0.4) is 0 Å². The number of hydrogen-bond donors (Lipinski definition) is 0. The van der Waals surface area contributed by atoms with Gasteiger partial charge < -0.3 is 4.74 Å². The second kappa shape index (κ2) is 7.47. The molecule has 3 aromatic rings. The Bertz CT molecular complexity index is 808. The molecule has 0 aliphatic carbocycles. The average Bonchev–Trinajstić information content (AvgIpc) is 2.62. The van der Waals surface area contributed by atoms with Gasteiger partial charge in [-0.25, -0.2) is 0 Å². The third kappa shape index (κ3) is 3.82. The molecule has 0 amide bonds. The first-order chi connectivity index (χ1) is 11.3. The number of ether oxygens (including phenoxy) is 1. The highest BCUT2D eigenvalue weighted by atomic mass is 127. The molecule has 114 valence electrons. The van der Waals surface area contributed by atoms with Crippen LogP contribution in [0.1, 0.15) is 11.1 Å². The van der Waals surface area contributed by atoms with Crippen molar-refractivity contribution in [3.8, 4) is 16.9 Å². The summed E-state index contributed by atoms with van der Waals surface area (Å²) in [6.07, 6.45) is 4.28. The van der Waals surface area contributed by atoms with E-state index in [1.807, 2.05) is 24.3 Å². The Morgan fingerprint density at radius 1 is 0.783 bits per heavy atom. The highest BCUT2D eigenvalue weighted by Crippen LogP contribution is 2.32. The molecule has 0 spiro atoms. The lowest BCUT2D eigenvalue weighted by atomic mass is 10.0. The van der Waals surface area contributed by atoms with Crippen molar-refractivity contribution in [2.75, 3.05) is 7.11 Å². The first kappa shape index (κ1) is 15.8. The van der Waals surface area contributed by atoms with Gasteiger partial charge in [0.15, 0.2) is 0 Å². The molecule has 0 bridgehead atoms. The zero-order valence-electron chi connectivity index (χ0n) is 12.9. The zero-order valence-corrected chi connectivity index (χ0v) is 15.0. The fraction of sp³-hybridized carbons (Fsp3) is 0.0476. The molecule has 0 radical (unpaired) electrons. The van der Waals surface area contributed by atoms with Gasteiger partial charge in [-0.1, -0.05) is 72.8 Å². The van der Waals surface area contributed by atoms with Gasteiger partial charge in [0, 0.05) is 0 Å². The molecule has 0 fully saturated rings. The van der Waals surface area contributed by atoms with Crippen molar-refractivity contribution < 1.29 is 4.74 Å². The largest absolute Gasteiger partial charge is 0.496 e. The predicted molar refractivity (Wildman–Crippen MR) is 107 cm³/mol. The standard InChI is InChI=1S/C21H17IO/c1-23-20-15-19(17-10-6-3-7-11-17)14-18(21(20)22)13-12-16-8-4-2-5-9-16/h2-15H,1H3/b13-12+. The predicted octanol–water partition coefficient (Wildman–Crippen LogP) is 6.14. The summed E-state index contributed by atoms with van der Waals surface area (Å²) in [4.78, 5) is 0. The Hall–Kier alpha value is -2.07. The molecule has 1 nitrogen and oxygen atoms in total. The molecule has 0 aliphatic rings. The lowest BCUT2D eigenvalue weighted by Crippen LogP contribution is -1.92. The van der Waals surface area contributed by atoms with E-state index in [9.17, 15) is 0 Å². The van der Waals surface area contributed by atoms with Crippen LogP contribution in [0.15, 0.2) is 72.8 Å². The van der Waals surface area contributed by atoms with Gasteiger partial charge in [0.05, 0.1) is 10.7 Å². The van der Waals surface area contributed by atoms with Crippen molar-refractivity contribution >= 4 is 34.7 Å². The molecular weight excluding hydrogens is 395 g/mol. The van der Waals surface area contributed by atoms with Crippen molar-refractivity contribution in [1.82, 2.24) is 0 Å². The first-order valence-corrected chi connectivity index (χ1v) is 8.52. The maximum atomic E-state index is 5.56. The highest BCUT2D eigenvalue weighted by Gasteiger charge is 2.08. The lowest BCUT2D eigenvalue weighted by Gasteiger charge is -2.11. The Balaban J connectivity index is 2.04. The molecule has 2 heteroatoms. The molecule has 0 unspecified atom stereocenters. The van der Waals surface area contributed by atoms with Crippen LogP contribution < -0.4 is 4.74 Å². The van der Waals surface area contributed by atoms with Crippen molar-refractivity contribution in [2.24, 2.45) is 0 Å². The summed E-state index contributed by atoms with van der Waals surface area (Å²) < 4.78 is 6.68. The molecular formula is C21H17IO. The van der Waals surface area contributed by atoms with E-state index in [0.29, 0.717) is 0 Å². The third-order valence-electron chi connectivity index (χ3n) is 3.65. The summed E-state index contributed by atoms with van der Waals surface area (Å²) >= 11 is 2.34. The Morgan fingerprint density at radius 3 is 2.09 bits per heavy atom. The topological polar surface area (TPSA) is 9.23 Å². The van der Waals surface area contributed by atoms with Gasteiger partial charge in [0.1, 0.15) is 5.75 Å². The molecule has 0 aliphatic heterocycles. The van der Waals surface area contributed by atoms with Crippen LogP contribution in [-0.2, 0) is 0 Å². The zero-order chi connectivity index (χ0) is 16.1. The van der Waals surface area contributed by atoms with E-state index in [0.717, 1.165) is 20.4 Å². The van der Waals surface area contributed by atoms with E-state index in [-0.39, 0.29) is 0 Å². The van der Waals surface area contributed by atoms with Gasteiger partial charge in [-0.15, -0.1) is 0 Å². The van der Waals surface area contributed by atoms with E-state index >= 15 is 0 Å². The minimum absolute atomic E-state index is 0.902. The van der Waals surface area contributed by atoms with E-state index in [1.54, 1.807) is 7.11 Å². The van der Waals surface area contributed by atoms with Gasteiger partial charge in [-0.3, -0.25) is 0 Å². The summed E-state index contributed by atoms with van der Waals surface area (Å²) in [5, 5.41) is 0. The Morgan fingerprint density at radius 2 is 1.43 bits per heavy atom. The van der Waals surface area contributed by atoms with Crippen LogP contribution in [0, 0.1) is 3.57 Å². The Labute approximate surface area is 150 Å². The van der Waals surface area contributed by atoms with Gasteiger partial charge >= 0.3 is 0 Å². The molecule has 0 atom stereocenters. The van der Waals surface area contributed by atoms with Crippen LogP contribution in [0.2, 0.25) is 0 Å². The average molecular weight is 412 g/mol. The number of methoxy groups -OCH3 is 1. The molecule has 3 rings (SSSR count). The smallest absolute Gasteiger partial charge is 0.133 e. The minimum Gasteiger partial charge on any atom is -0.496 e. The summed E-state index contributed by atoms with van der Waals surface area (Å²) in [6.45, 7) is 0. The molecule has 3 aromatic carbocycles. The van der Waals surface area contributed by atoms with E-state index in [2.05, 4.69) is 83.3 Å². The normalized spacial score (nSPS) is 10.9. The number of halogens is 1. The van der Waals surface area contributed by atoms with Crippen LogP contribution in [0.4, 0.5) is 0 Å². The summed E-state index contributed by atoms with van der Waals surface area (Å²) in [5.41, 5.74) is 4.70. The quantitative estimate of drug-likeness (QED) is 0.370. The third-order valence-corrected chi connectivity index (χ3v) is 4.80. The second-order valence-electron chi connectivity index (χ2n) is 5.19. The molecule has 0 saturated heterocycles. The number of hydrogen-bond acceptors (Lipinski definition) is 1. The summed E-state index contributed by atoms with van der Waals surface area (Å²) in [5.74, 6) is 0.902. The molecule has 0 N–H and O–H groups in total. The van der Waals surface area contributed by atoms with E-state index in [4.69, 9.17) is 4.74 Å². The lowest BCUT2D eigenvalue weighted by molar-refractivity contribution is 0.412. The number of benzene rings is 3. The molecule has 0 heterocycles. The monoisotopic (exact) mass is 412 g/mol. The van der Waals surface area contributed by atoms with Crippen molar-refractivity contribution in [1.29, 1.82) is 0 Å². The SMILES string of the molecule is COc1cc(-c2ccccc2)cc(/C=C/c2ccccc2)c1I. The summed E-state index contributed by atoms with van der Waals surface area (Å²) in [6, 6.07) is 25.0. The van der Waals surface area contributed by atoms with Crippen molar-refractivity contribution in [3.05, 3.63) is 87.5 Å². The van der Waals surface area contributed by atoms with E-state index in [1.165, 1.54) is 11.1 Å². The van der Waals surface area contributed by atoms with Crippen LogP contribution >= 0.6 is 22.6 Å². The van der Waals surface area contributed by atoms with E-state index < -0.39 is 0 Å². The fourth-order valence-corrected chi connectivity index (χ4v) is 3.15. The van der Waals surface area contributed by atoms with Gasteiger partial charge in [-0.05, 0) is 57.0 Å². The van der Waals surface area contributed by atoms with Crippen LogP contribution in [-0.4, -0.2) is 7.11 Å². The van der Waals surface area contributed by atoms with Crippen LogP contribution in [0.25, 0.3) is 23.3 Å². The van der Waals surface area contributed by atoms with Crippen molar-refractivity contribution in [2.45, 2.75) is 0 Å².